The highest BCUT2D eigenvalue weighted by atomic mass is 16.2. The normalized spacial score (nSPS) is 13.5. The summed E-state index contributed by atoms with van der Waals surface area (Å²) in [5, 5.41) is 1.55. The largest absolute Gasteiger partial charge is 0.353 e. The maximum absolute atomic E-state index is 11.7. The number of hydrogen-bond donors (Lipinski definition) is 1. The number of fused-ring (bicyclic) bond motifs is 1. The topological polar surface area (TPSA) is 83.4 Å². The fraction of sp³-hybridized carbons (Fsp3) is 0.556. The van der Waals surface area contributed by atoms with Crippen LogP contribution in [0, 0.1) is 0 Å². The Morgan fingerprint density at radius 1 is 1.35 bits per heavy atom. The summed E-state index contributed by atoms with van der Waals surface area (Å²) < 4.78 is 1.43. The molecule has 1 amide bonds. The Morgan fingerprint density at radius 2 is 2.06 bits per heavy atom. The molecule has 1 aromatic heterocycles. The predicted molar refractivity (Wildman–Crippen MR) is 61.8 cm³/mol. The molecule has 1 aliphatic heterocycles. The van der Waals surface area contributed by atoms with Gasteiger partial charge in [-0.25, -0.2) is 4.79 Å². The Bertz CT molecular complexity index is 509. The summed E-state index contributed by atoms with van der Waals surface area (Å²) in [5.41, 5.74) is 2.26. The Labute approximate surface area is 97.8 Å². The van der Waals surface area contributed by atoms with E-state index in [0.29, 0.717) is 25.0 Å². The average molecular weight is 238 g/mol. The SMILES string of the molecule is CC(=O)NN1CCn2c1nc(N(C)C)nc2=O. The van der Waals surface area contributed by atoms with Gasteiger partial charge in [-0.15, -0.1) is 0 Å². The molecule has 0 atom stereocenters. The number of hydrazine groups is 1. The molecule has 0 radical (unpaired) electrons. The van der Waals surface area contributed by atoms with Crippen molar-refractivity contribution in [1.82, 2.24) is 20.0 Å². The van der Waals surface area contributed by atoms with Crippen molar-refractivity contribution in [2.45, 2.75) is 13.5 Å². The number of amides is 1. The molecule has 8 heteroatoms. The number of carbonyl (C=O) groups excluding carboxylic acids is 1. The second-order valence-electron chi connectivity index (χ2n) is 3.97. The summed E-state index contributed by atoms with van der Waals surface area (Å²) in [6.45, 7) is 2.40. The van der Waals surface area contributed by atoms with Gasteiger partial charge in [0.1, 0.15) is 0 Å². The van der Waals surface area contributed by atoms with Crippen molar-refractivity contribution in [2.24, 2.45) is 0 Å². The van der Waals surface area contributed by atoms with E-state index in [4.69, 9.17) is 0 Å². The molecule has 0 aromatic carbocycles. The van der Waals surface area contributed by atoms with E-state index in [2.05, 4.69) is 15.4 Å². The zero-order valence-corrected chi connectivity index (χ0v) is 9.97. The Morgan fingerprint density at radius 3 is 2.65 bits per heavy atom. The molecular formula is C9H14N6O2. The first-order valence-corrected chi connectivity index (χ1v) is 5.20. The molecule has 2 rings (SSSR count). The number of rotatable bonds is 2. The lowest BCUT2D eigenvalue weighted by atomic mass is 10.6. The maximum atomic E-state index is 11.7. The van der Waals surface area contributed by atoms with Crippen molar-refractivity contribution >= 4 is 17.8 Å². The molecule has 1 aliphatic rings. The smallest absolute Gasteiger partial charge is 0.347 e. The number of nitrogens with zero attached hydrogens (tertiary/aromatic N) is 5. The van der Waals surface area contributed by atoms with Crippen molar-refractivity contribution in [3.05, 3.63) is 10.5 Å². The van der Waals surface area contributed by atoms with E-state index in [9.17, 15) is 9.59 Å². The molecule has 0 unspecified atom stereocenters. The highest BCUT2D eigenvalue weighted by molar-refractivity contribution is 5.74. The van der Waals surface area contributed by atoms with Gasteiger partial charge >= 0.3 is 5.69 Å². The molecule has 0 saturated carbocycles. The van der Waals surface area contributed by atoms with Crippen LogP contribution >= 0.6 is 0 Å². The lowest BCUT2D eigenvalue weighted by Gasteiger charge is -2.18. The standard InChI is InChI=1S/C9H14N6O2/c1-6(16)12-15-5-4-14-8(15)10-7(13(2)3)11-9(14)17/h4-5H2,1-3H3,(H,12,16). The maximum Gasteiger partial charge on any atom is 0.353 e. The lowest BCUT2D eigenvalue weighted by Crippen LogP contribution is -2.40. The van der Waals surface area contributed by atoms with Gasteiger partial charge in [0, 0.05) is 21.0 Å². The van der Waals surface area contributed by atoms with Crippen LogP contribution in [0.5, 0.6) is 0 Å². The fourth-order valence-electron chi connectivity index (χ4n) is 1.60. The third-order valence-electron chi connectivity index (χ3n) is 2.35. The van der Waals surface area contributed by atoms with E-state index >= 15 is 0 Å². The van der Waals surface area contributed by atoms with Crippen LogP contribution in [-0.2, 0) is 11.3 Å². The minimum atomic E-state index is -0.355. The predicted octanol–water partition coefficient (Wildman–Crippen LogP) is -1.42. The Hall–Kier alpha value is -2.12. The third kappa shape index (κ3) is 2.05. The van der Waals surface area contributed by atoms with Crippen LogP contribution in [0.4, 0.5) is 11.9 Å². The van der Waals surface area contributed by atoms with Crippen LogP contribution in [0.1, 0.15) is 6.92 Å². The average Bonchev–Trinajstić information content (AvgIpc) is 2.61. The molecule has 1 N–H and O–H groups in total. The molecule has 8 nitrogen and oxygen atoms in total. The van der Waals surface area contributed by atoms with Crippen LogP contribution in [0.15, 0.2) is 4.79 Å². The van der Waals surface area contributed by atoms with Crippen molar-refractivity contribution in [1.29, 1.82) is 0 Å². The second kappa shape index (κ2) is 4.04. The molecular weight excluding hydrogens is 224 g/mol. The molecule has 0 saturated heterocycles. The first kappa shape index (κ1) is 11.4. The van der Waals surface area contributed by atoms with Crippen LogP contribution in [0.25, 0.3) is 0 Å². The summed E-state index contributed by atoms with van der Waals surface area (Å²) in [6, 6.07) is 0. The number of aromatic nitrogens is 3. The number of anilines is 2. The summed E-state index contributed by atoms with van der Waals surface area (Å²) in [7, 11) is 3.51. The van der Waals surface area contributed by atoms with Gasteiger partial charge in [-0.3, -0.25) is 19.8 Å². The summed E-state index contributed by atoms with van der Waals surface area (Å²) >= 11 is 0. The van der Waals surface area contributed by atoms with Gasteiger partial charge in [-0.05, 0) is 0 Å². The van der Waals surface area contributed by atoms with E-state index < -0.39 is 0 Å². The Kier molecular flexibility index (Phi) is 2.70. The van der Waals surface area contributed by atoms with Gasteiger partial charge in [-0.2, -0.15) is 9.97 Å². The van der Waals surface area contributed by atoms with Crippen LogP contribution in [-0.4, -0.2) is 41.1 Å². The van der Waals surface area contributed by atoms with Crippen molar-refractivity contribution in [3.8, 4) is 0 Å². The molecule has 0 bridgehead atoms. The van der Waals surface area contributed by atoms with Gasteiger partial charge in [0.05, 0.1) is 13.1 Å². The van der Waals surface area contributed by atoms with E-state index in [0.717, 1.165) is 0 Å². The molecule has 1 aromatic rings. The van der Waals surface area contributed by atoms with Gasteiger partial charge < -0.3 is 4.90 Å². The molecule has 0 aliphatic carbocycles. The van der Waals surface area contributed by atoms with Crippen LogP contribution in [0.3, 0.4) is 0 Å². The van der Waals surface area contributed by atoms with E-state index in [1.54, 1.807) is 24.0 Å². The third-order valence-corrected chi connectivity index (χ3v) is 2.35. The molecule has 17 heavy (non-hydrogen) atoms. The first-order valence-electron chi connectivity index (χ1n) is 5.20. The van der Waals surface area contributed by atoms with E-state index in [1.165, 1.54) is 11.5 Å². The fourth-order valence-corrected chi connectivity index (χ4v) is 1.60. The molecule has 0 fully saturated rings. The quantitative estimate of drug-likeness (QED) is 0.680. The van der Waals surface area contributed by atoms with Gasteiger partial charge in [0.15, 0.2) is 0 Å². The molecule has 2 heterocycles. The molecule has 0 spiro atoms. The van der Waals surface area contributed by atoms with Crippen molar-refractivity contribution in [2.75, 3.05) is 30.5 Å². The van der Waals surface area contributed by atoms with Gasteiger partial charge in [-0.1, -0.05) is 0 Å². The summed E-state index contributed by atoms with van der Waals surface area (Å²) in [6.07, 6.45) is 0. The zero-order valence-electron chi connectivity index (χ0n) is 9.97. The van der Waals surface area contributed by atoms with Crippen molar-refractivity contribution in [3.63, 3.8) is 0 Å². The number of carbonyl (C=O) groups is 1. The zero-order chi connectivity index (χ0) is 12.6. The van der Waals surface area contributed by atoms with Gasteiger partial charge in [0.2, 0.25) is 17.8 Å². The minimum Gasteiger partial charge on any atom is -0.347 e. The highest BCUT2D eigenvalue weighted by Gasteiger charge is 2.24. The lowest BCUT2D eigenvalue weighted by molar-refractivity contribution is -0.119. The minimum absolute atomic E-state index is 0.198. The van der Waals surface area contributed by atoms with Gasteiger partial charge in [0.25, 0.3) is 0 Å². The summed E-state index contributed by atoms with van der Waals surface area (Å²) in [4.78, 5) is 32.5. The number of nitrogens with one attached hydrogen (secondary N) is 1. The van der Waals surface area contributed by atoms with Crippen LogP contribution < -0.4 is 21.0 Å². The van der Waals surface area contributed by atoms with Crippen molar-refractivity contribution < 1.29 is 4.79 Å². The first-order chi connectivity index (χ1) is 7.99. The number of hydrogen-bond acceptors (Lipinski definition) is 6. The molecule has 92 valence electrons. The van der Waals surface area contributed by atoms with E-state index in [1.807, 2.05) is 0 Å². The summed E-state index contributed by atoms with van der Waals surface area (Å²) in [5.74, 6) is 0.554. The van der Waals surface area contributed by atoms with Crippen LogP contribution in [0.2, 0.25) is 0 Å². The second-order valence-corrected chi connectivity index (χ2v) is 3.97. The monoisotopic (exact) mass is 238 g/mol. The van der Waals surface area contributed by atoms with E-state index in [-0.39, 0.29) is 11.6 Å². The highest BCUT2D eigenvalue weighted by Crippen LogP contribution is 2.15. The Balaban J connectivity index is 2.43.